The number of hydrogen-bond donors (Lipinski definition) is 3. The van der Waals surface area contributed by atoms with Gasteiger partial charge in [0.25, 0.3) is 0 Å². The number of aliphatic carboxylic acids is 1. The summed E-state index contributed by atoms with van der Waals surface area (Å²) in [6.07, 6.45) is 2.88. The number of carbonyl (C=O) groups is 2. The van der Waals surface area contributed by atoms with Crippen LogP contribution in [0.25, 0.3) is 0 Å². The van der Waals surface area contributed by atoms with Crippen molar-refractivity contribution in [2.24, 2.45) is 0 Å². The Labute approximate surface area is 112 Å². The molecule has 0 unspecified atom stereocenters. The first kappa shape index (κ1) is 15.1. The maximum absolute atomic E-state index is 11.1. The van der Waals surface area contributed by atoms with Crippen LogP contribution >= 0.6 is 11.8 Å². The average molecular weight is 274 g/mol. The van der Waals surface area contributed by atoms with E-state index in [1.807, 2.05) is 25.6 Å². The van der Waals surface area contributed by atoms with Crippen LogP contribution in [0.1, 0.15) is 39.5 Å². The van der Waals surface area contributed by atoms with Gasteiger partial charge < -0.3 is 15.7 Å². The van der Waals surface area contributed by atoms with Gasteiger partial charge in [-0.3, -0.25) is 4.79 Å². The number of thioether (sulfide) groups is 1. The van der Waals surface area contributed by atoms with Crippen molar-refractivity contribution >= 4 is 23.8 Å². The summed E-state index contributed by atoms with van der Waals surface area (Å²) in [5.41, 5.74) is 0. The van der Waals surface area contributed by atoms with E-state index in [2.05, 4.69) is 10.6 Å². The summed E-state index contributed by atoms with van der Waals surface area (Å²) in [4.78, 5) is 21.5. The van der Waals surface area contributed by atoms with Crippen molar-refractivity contribution < 1.29 is 14.7 Å². The quantitative estimate of drug-likeness (QED) is 0.528. The maximum Gasteiger partial charge on any atom is 0.315 e. The lowest BCUT2D eigenvalue weighted by molar-refractivity contribution is -0.137. The first-order chi connectivity index (χ1) is 8.66. The summed E-state index contributed by atoms with van der Waals surface area (Å²) in [7, 11) is 0. The van der Waals surface area contributed by atoms with Crippen LogP contribution in [0.5, 0.6) is 0 Å². The zero-order valence-corrected chi connectivity index (χ0v) is 11.8. The number of urea groups is 1. The molecule has 0 spiro atoms. The molecule has 2 rings (SSSR count). The normalized spacial score (nSPS) is 28.8. The van der Waals surface area contributed by atoms with Gasteiger partial charge in [-0.1, -0.05) is 20.3 Å². The second kappa shape index (κ2) is 7.51. The summed E-state index contributed by atoms with van der Waals surface area (Å²) in [5.74, 6) is 0.236. The Morgan fingerprint density at radius 1 is 1.39 bits per heavy atom. The monoisotopic (exact) mass is 274 g/mol. The minimum absolute atomic E-state index is 0.0640. The summed E-state index contributed by atoms with van der Waals surface area (Å²) >= 11 is 1.87. The van der Waals surface area contributed by atoms with Gasteiger partial charge in [-0.15, -0.1) is 0 Å². The third-order valence-corrected chi connectivity index (χ3v) is 4.58. The average Bonchev–Trinajstić information content (AvgIpc) is 2.87. The van der Waals surface area contributed by atoms with E-state index in [1.165, 1.54) is 0 Å². The molecule has 2 saturated heterocycles. The lowest BCUT2D eigenvalue weighted by atomic mass is 10.0. The van der Waals surface area contributed by atoms with Crippen molar-refractivity contribution in [1.82, 2.24) is 10.6 Å². The number of nitrogens with one attached hydrogen (secondary N) is 2. The molecule has 2 fully saturated rings. The van der Waals surface area contributed by atoms with E-state index < -0.39 is 5.97 Å². The second-order valence-corrected chi connectivity index (χ2v) is 5.53. The fraction of sp³-hybridized carbons (Fsp3) is 0.833. The molecule has 2 amide bonds. The number of carboxylic acid groups (broad SMARTS) is 1. The molecule has 2 heterocycles. The number of amides is 2. The molecule has 2 aliphatic heterocycles. The van der Waals surface area contributed by atoms with Gasteiger partial charge in [-0.05, 0) is 12.8 Å². The van der Waals surface area contributed by atoms with Gasteiger partial charge in [0, 0.05) is 17.4 Å². The molecule has 5 nitrogen and oxygen atoms in total. The zero-order chi connectivity index (χ0) is 13.5. The Morgan fingerprint density at radius 2 is 2.11 bits per heavy atom. The SMILES string of the molecule is CC.O=C(O)CCCC[C@@H]1SC[C@@H]2NC(=O)N[C@@H]21. The molecule has 0 bridgehead atoms. The summed E-state index contributed by atoms with van der Waals surface area (Å²) in [6, 6.07) is 0.440. The van der Waals surface area contributed by atoms with Gasteiger partial charge >= 0.3 is 12.0 Å². The first-order valence-electron chi connectivity index (χ1n) is 6.57. The van der Waals surface area contributed by atoms with Crippen LogP contribution in [0.4, 0.5) is 4.79 Å². The Hall–Kier alpha value is -0.910. The molecule has 0 aromatic heterocycles. The maximum atomic E-state index is 11.1. The molecule has 0 saturated carbocycles. The summed E-state index contributed by atoms with van der Waals surface area (Å²) in [6.45, 7) is 4.00. The third kappa shape index (κ3) is 4.08. The van der Waals surface area contributed by atoms with Crippen LogP contribution in [0, 0.1) is 0 Å². The lowest BCUT2D eigenvalue weighted by Crippen LogP contribution is -2.36. The predicted octanol–water partition coefficient (Wildman–Crippen LogP) is 1.82. The number of carbonyl (C=O) groups excluding carboxylic acids is 1. The molecule has 0 aliphatic carbocycles. The fourth-order valence-corrected chi connectivity index (χ4v) is 3.81. The van der Waals surface area contributed by atoms with Crippen molar-refractivity contribution in [3.63, 3.8) is 0 Å². The van der Waals surface area contributed by atoms with E-state index in [0.29, 0.717) is 5.25 Å². The van der Waals surface area contributed by atoms with Crippen LogP contribution in [0.15, 0.2) is 0 Å². The van der Waals surface area contributed by atoms with Crippen LogP contribution in [-0.4, -0.2) is 40.2 Å². The predicted molar refractivity (Wildman–Crippen MR) is 72.9 cm³/mol. The van der Waals surface area contributed by atoms with E-state index in [1.54, 1.807) is 0 Å². The molecule has 0 aromatic rings. The standard InChI is InChI=1S/C10H16N2O3S.C2H6/c13-8(14)4-2-1-3-7-9-6(5-16-7)11-10(15)12-9;1-2/h6-7,9H,1-5H2,(H,13,14)(H2,11,12,15);1-2H3/t6-,7-,9-;/m0./s1. The molecule has 104 valence electrons. The fourth-order valence-electron chi connectivity index (χ4n) is 2.26. The molecule has 3 N–H and O–H groups in total. The molecule has 0 radical (unpaired) electrons. The highest BCUT2D eigenvalue weighted by atomic mass is 32.2. The van der Waals surface area contributed by atoms with Crippen LogP contribution < -0.4 is 10.6 Å². The molecular formula is C12H22N2O3S. The topological polar surface area (TPSA) is 78.4 Å². The van der Waals surface area contributed by atoms with E-state index >= 15 is 0 Å². The van der Waals surface area contributed by atoms with E-state index in [0.717, 1.165) is 25.0 Å². The number of carboxylic acids is 1. The van der Waals surface area contributed by atoms with Crippen LogP contribution in [-0.2, 0) is 4.79 Å². The molecular weight excluding hydrogens is 252 g/mol. The van der Waals surface area contributed by atoms with Crippen LogP contribution in [0.2, 0.25) is 0 Å². The minimum Gasteiger partial charge on any atom is -0.481 e. The van der Waals surface area contributed by atoms with Gasteiger partial charge in [0.05, 0.1) is 12.1 Å². The Balaban J connectivity index is 0.000000771. The van der Waals surface area contributed by atoms with Gasteiger partial charge in [-0.25, -0.2) is 4.79 Å². The number of hydrogen-bond acceptors (Lipinski definition) is 3. The minimum atomic E-state index is -0.729. The Morgan fingerprint density at radius 3 is 2.78 bits per heavy atom. The van der Waals surface area contributed by atoms with E-state index in [-0.39, 0.29) is 24.5 Å². The highest BCUT2D eigenvalue weighted by Crippen LogP contribution is 2.33. The first-order valence-corrected chi connectivity index (χ1v) is 7.62. The van der Waals surface area contributed by atoms with Crippen molar-refractivity contribution in [2.45, 2.75) is 56.9 Å². The third-order valence-electron chi connectivity index (χ3n) is 3.07. The van der Waals surface area contributed by atoms with Gasteiger partial charge in [0.2, 0.25) is 0 Å². The van der Waals surface area contributed by atoms with Crippen molar-refractivity contribution in [2.75, 3.05) is 5.75 Å². The molecule has 18 heavy (non-hydrogen) atoms. The van der Waals surface area contributed by atoms with E-state index in [4.69, 9.17) is 5.11 Å². The van der Waals surface area contributed by atoms with Crippen molar-refractivity contribution in [3.8, 4) is 0 Å². The van der Waals surface area contributed by atoms with Gasteiger partial charge in [-0.2, -0.15) is 11.8 Å². The van der Waals surface area contributed by atoms with Crippen molar-refractivity contribution in [1.29, 1.82) is 0 Å². The number of unbranched alkanes of at least 4 members (excludes halogenated alkanes) is 1. The highest BCUT2D eigenvalue weighted by molar-refractivity contribution is 8.00. The Bertz CT molecular complexity index is 299. The largest absolute Gasteiger partial charge is 0.481 e. The van der Waals surface area contributed by atoms with Crippen molar-refractivity contribution in [3.05, 3.63) is 0 Å². The lowest BCUT2D eigenvalue weighted by Gasteiger charge is -2.16. The molecule has 0 aromatic carbocycles. The highest BCUT2D eigenvalue weighted by Gasteiger charge is 2.42. The molecule has 6 heteroatoms. The molecule has 3 atom stereocenters. The second-order valence-electron chi connectivity index (χ2n) is 4.26. The summed E-state index contributed by atoms with van der Waals surface area (Å²) < 4.78 is 0. The van der Waals surface area contributed by atoms with E-state index in [9.17, 15) is 9.59 Å². The zero-order valence-electron chi connectivity index (χ0n) is 10.9. The smallest absolute Gasteiger partial charge is 0.315 e. The summed E-state index contributed by atoms with van der Waals surface area (Å²) in [5, 5.41) is 14.8. The Kier molecular flexibility index (Phi) is 6.32. The van der Waals surface area contributed by atoms with Crippen LogP contribution in [0.3, 0.4) is 0 Å². The number of fused-ring (bicyclic) bond motifs is 1. The number of rotatable bonds is 5. The van der Waals surface area contributed by atoms with Gasteiger partial charge in [0.1, 0.15) is 0 Å². The molecule has 2 aliphatic rings. The van der Waals surface area contributed by atoms with Gasteiger partial charge in [0.15, 0.2) is 0 Å².